The lowest BCUT2D eigenvalue weighted by Gasteiger charge is -2.23. The molecule has 0 radical (unpaired) electrons. The van der Waals surface area contributed by atoms with Crippen LogP contribution in [-0.4, -0.2) is 44.3 Å². The number of carbonyl (C=O) groups excluding carboxylic acids is 1. The van der Waals surface area contributed by atoms with E-state index in [0.717, 1.165) is 43.6 Å². The third kappa shape index (κ3) is 5.04. The smallest absolute Gasteiger partial charge is 0.416 e. The number of benzene rings is 2. The zero-order valence-electron chi connectivity index (χ0n) is 17.2. The van der Waals surface area contributed by atoms with Crippen LogP contribution in [0.1, 0.15) is 24.0 Å². The van der Waals surface area contributed by atoms with Crippen LogP contribution in [0.2, 0.25) is 0 Å². The fourth-order valence-electron chi connectivity index (χ4n) is 3.89. The number of fused-ring (bicyclic) bond motifs is 1. The van der Waals surface area contributed by atoms with E-state index in [2.05, 4.69) is 5.32 Å². The largest absolute Gasteiger partial charge is 0.454 e. The Labute approximate surface area is 178 Å². The van der Waals surface area contributed by atoms with E-state index < -0.39 is 11.7 Å². The van der Waals surface area contributed by atoms with Gasteiger partial charge in [-0.3, -0.25) is 9.69 Å². The molecule has 2 aliphatic rings. The van der Waals surface area contributed by atoms with Crippen molar-refractivity contribution in [3.8, 4) is 11.5 Å². The van der Waals surface area contributed by atoms with Crippen molar-refractivity contribution in [1.29, 1.82) is 0 Å². The van der Waals surface area contributed by atoms with Gasteiger partial charge in [0, 0.05) is 19.6 Å². The van der Waals surface area contributed by atoms with Gasteiger partial charge in [-0.25, -0.2) is 0 Å². The predicted octanol–water partition coefficient (Wildman–Crippen LogP) is 4.10. The Morgan fingerprint density at radius 3 is 2.58 bits per heavy atom. The number of halogens is 3. The number of hydrogen-bond acceptors (Lipinski definition) is 5. The van der Waals surface area contributed by atoms with Gasteiger partial charge in [0.05, 0.1) is 23.5 Å². The number of rotatable bonds is 6. The van der Waals surface area contributed by atoms with E-state index in [4.69, 9.17) is 9.47 Å². The van der Waals surface area contributed by atoms with E-state index >= 15 is 0 Å². The maximum atomic E-state index is 13.2. The number of ether oxygens (including phenoxy) is 2. The fraction of sp³-hybridized carbons (Fsp3) is 0.409. The van der Waals surface area contributed by atoms with Crippen LogP contribution in [0.25, 0.3) is 0 Å². The number of likely N-dealkylation sites (N-methyl/N-ethyl adjacent to an activating group) is 1. The van der Waals surface area contributed by atoms with Crippen molar-refractivity contribution in [2.45, 2.75) is 25.6 Å². The van der Waals surface area contributed by atoms with Crippen LogP contribution in [0.5, 0.6) is 11.5 Å². The molecule has 2 aromatic rings. The molecule has 0 atom stereocenters. The van der Waals surface area contributed by atoms with Gasteiger partial charge in [-0.15, -0.1) is 0 Å². The van der Waals surface area contributed by atoms with Crippen molar-refractivity contribution in [3.05, 3.63) is 47.5 Å². The van der Waals surface area contributed by atoms with Gasteiger partial charge in [-0.2, -0.15) is 13.2 Å². The third-order valence-electron chi connectivity index (χ3n) is 5.35. The molecule has 2 aliphatic heterocycles. The lowest BCUT2D eigenvalue weighted by Crippen LogP contribution is -2.30. The molecule has 2 heterocycles. The molecule has 0 unspecified atom stereocenters. The second-order valence-corrected chi connectivity index (χ2v) is 7.83. The summed E-state index contributed by atoms with van der Waals surface area (Å²) < 4.78 is 50.3. The van der Waals surface area contributed by atoms with Crippen molar-refractivity contribution >= 4 is 17.3 Å². The molecular formula is C22H24F3N3O3. The van der Waals surface area contributed by atoms with E-state index in [1.165, 1.54) is 6.07 Å². The van der Waals surface area contributed by atoms with Crippen LogP contribution in [0.3, 0.4) is 0 Å². The molecule has 9 heteroatoms. The maximum absolute atomic E-state index is 13.2. The van der Waals surface area contributed by atoms with Crippen molar-refractivity contribution in [2.75, 3.05) is 43.7 Å². The Hall–Kier alpha value is -2.94. The molecule has 0 saturated carbocycles. The van der Waals surface area contributed by atoms with Crippen LogP contribution < -0.4 is 19.7 Å². The number of alkyl halides is 3. The first-order valence-corrected chi connectivity index (χ1v) is 10.1. The first-order chi connectivity index (χ1) is 14.8. The van der Waals surface area contributed by atoms with Crippen molar-refractivity contribution < 1.29 is 27.4 Å². The minimum Gasteiger partial charge on any atom is -0.454 e. The Morgan fingerprint density at radius 2 is 1.84 bits per heavy atom. The topological polar surface area (TPSA) is 54.0 Å². The van der Waals surface area contributed by atoms with Crippen LogP contribution in [0.4, 0.5) is 24.5 Å². The maximum Gasteiger partial charge on any atom is 0.416 e. The molecule has 2 aromatic carbocycles. The van der Waals surface area contributed by atoms with Gasteiger partial charge >= 0.3 is 6.18 Å². The zero-order valence-corrected chi connectivity index (χ0v) is 17.2. The molecule has 0 spiro atoms. The quantitative estimate of drug-likeness (QED) is 0.740. The summed E-state index contributed by atoms with van der Waals surface area (Å²) in [6.45, 7) is 2.22. The average Bonchev–Trinajstić information content (AvgIpc) is 3.38. The molecule has 0 bridgehead atoms. The summed E-state index contributed by atoms with van der Waals surface area (Å²) in [4.78, 5) is 16.4. The fourth-order valence-corrected chi connectivity index (χ4v) is 3.89. The van der Waals surface area contributed by atoms with Gasteiger partial charge in [0.15, 0.2) is 11.5 Å². The number of nitrogens with zero attached hydrogens (tertiary/aromatic N) is 2. The van der Waals surface area contributed by atoms with Gasteiger partial charge < -0.3 is 19.7 Å². The summed E-state index contributed by atoms with van der Waals surface area (Å²) in [5.41, 5.74) is 0.978. The van der Waals surface area contributed by atoms with Crippen LogP contribution in [-0.2, 0) is 17.5 Å². The summed E-state index contributed by atoms with van der Waals surface area (Å²) in [6.07, 6.45) is -2.52. The lowest BCUT2D eigenvalue weighted by atomic mass is 10.1. The van der Waals surface area contributed by atoms with Crippen molar-refractivity contribution in [2.24, 2.45) is 0 Å². The number of anilines is 2. The Balaban J connectivity index is 1.44. The molecule has 6 nitrogen and oxygen atoms in total. The first kappa shape index (κ1) is 21.3. The number of nitrogens with one attached hydrogen (secondary N) is 1. The molecule has 4 rings (SSSR count). The van der Waals surface area contributed by atoms with E-state index in [9.17, 15) is 18.0 Å². The zero-order chi connectivity index (χ0) is 22.0. The predicted molar refractivity (Wildman–Crippen MR) is 110 cm³/mol. The number of amides is 1. The second-order valence-electron chi connectivity index (χ2n) is 7.83. The minimum absolute atomic E-state index is 0.0319. The highest BCUT2D eigenvalue weighted by Gasteiger charge is 2.32. The second kappa shape index (κ2) is 8.66. The molecule has 1 fully saturated rings. The molecule has 0 aliphatic carbocycles. The third-order valence-corrected chi connectivity index (χ3v) is 5.35. The van der Waals surface area contributed by atoms with Gasteiger partial charge in [-0.1, -0.05) is 6.07 Å². The summed E-state index contributed by atoms with van der Waals surface area (Å²) in [7, 11) is 1.78. The molecule has 1 amide bonds. The Kier molecular flexibility index (Phi) is 5.95. The van der Waals surface area contributed by atoms with Crippen molar-refractivity contribution in [3.63, 3.8) is 0 Å². The van der Waals surface area contributed by atoms with Crippen LogP contribution >= 0.6 is 0 Å². The molecule has 1 saturated heterocycles. The number of hydrogen-bond donors (Lipinski definition) is 1. The molecule has 31 heavy (non-hydrogen) atoms. The molecule has 1 N–H and O–H groups in total. The molecule has 0 aromatic heterocycles. The van der Waals surface area contributed by atoms with Crippen LogP contribution in [0, 0.1) is 0 Å². The van der Waals surface area contributed by atoms with Gasteiger partial charge in [0.25, 0.3) is 0 Å². The normalized spacial score (nSPS) is 15.6. The minimum atomic E-state index is -4.47. The highest BCUT2D eigenvalue weighted by atomic mass is 19.4. The van der Waals surface area contributed by atoms with Gasteiger partial charge in [-0.05, 0) is 55.8 Å². The van der Waals surface area contributed by atoms with E-state index in [-0.39, 0.29) is 24.9 Å². The van der Waals surface area contributed by atoms with Gasteiger partial charge in [0.2, 0.25) is 12.7 Å². The van der Waals surface area contributed by atoms with E-state index in [1.807, 2.05) is 23.1 Å². The summed E-state index contributed by atoms with van der Waals surface area (Å²) in [5, 5.41) is 2.69. The molecular weight excluding hydrogens is 411 g/mol. The average molecular weight is 435 g/mol. The Bertz CT molecular complexity index is 959. The monoisotopic (exact) mass is 435 g/mol. The summed E-state index contributed by atoms with van der Waals surface area (Å²) >= 11 is 0. The van der Waals surface area contributed by atoms with E-state index in [0.29, 0.717) is 23.7 Å². The highest BCUT2D eigenvalue weighted by molar-refractivity contribution is 5.95. The summed E-state index contributed by atoms with van der Waals surface area (Å²) in [5.74, 6) is 0.973. The lowest BCUT2D eigenvalue weighted by molar-refractivity contribution is -0.137. The standard InChI is InChI=1S/C22H24F3N3O3/c1-27(12-15-4-7-19-20(10-15)31-14-30-19)13-21(29)26-17-11-16(22(23,24)25)5-6-18(17)28-8-2-3-9-28/h4-7,10-11H,2-3,8-9,12-14H2,1H3,(H,26,29). The summed E-state index contributed by atoms with van der Waals surface area (Å²) in [6, 6.07) is 9.09. The van der Waals surface area contributed by atoms with Crippen molar-refractivity contribution in [1.82, 2.24) is 4.90 Å². The SMILES string of the molecule is CN(CC(=O)Nc1cc(C(F)(F)F)ccc1N1CCCC1)Cc1ccc2c(c1)OCO2. The van der Waals surface area contributed by atoms with Gasteiger partial charge in [0.1, 0.15) is 0 Å². The highest BCUT2D eigenvalue weighted by Crippen LogP contribution is 2.36. The van der Waals surface area contributed by atoms with Crippen LogP contribution in [0.15, 0.2) is 36.4 Å². The first-order valence-electron chi connectivity index (χ1n) is 10.1. The Morgan fingerprint density at radius 1 is 1.10 bits per heavy atom. The molecule has 166 valence electrons. The number of carbonyl (C=O) groups is 1. The van der Waals surface area contributed by atoms with E-state index in [1.54, 1.807) is 11.9 Å².